The van der Waals surface area contributed by atoms with Gasteiger partial charge in [-0.15, -0.1) is 0 Å². The highest BCUT2D eigenvalue weighted by Gasteiger charge is 2.16. The first-order valence-electron chi connectivity index (χ1n) is 8.90. The number of aryl methyl sites for hydroxylation is 1. The highest BCUT2D eigenvalue weighted by atomic mass is 16.6. The van der Waals surface area contributed by atoms with E-state index in [-0.39, 0.29) is 11.3 Å². The number of aromatic nitrogens is 2. The summed E-state index contributed by atoms with van der Waals surface area (Å²) < 4.78 is 12.3. The molecule has 1 N–H and O–H groups in total. The molecule has 0 aliphatic carbocycles. The quantitative estimate of drug-likeness (QED) is 0.553. The van der Waals surface area contributed by atoms with Gasteiger partial charge >= 0.3 is 0 Å². The first-order chi connectivity index (χ1) is 13.7. The standard InChI is InChI=1S/C20H18N4O4/c1-2-24-20(26)15-6-4-3-5-14(15)18(23-24)19(25)22-21-12-13-7-8-16-17(11-13)28-10-9-27-16/h3-8,11-12H,2,9-10H2,1H3,(H,22,25). The number of hydrazone groups is 1. The van der Waals surface area contributed by atoms with Crippen molar-refractivity contribution < 1.29 is 14.3 Å². The van der Waals surface area contributed by atoms with Gasteiger partial charge in [-0.25, -0.2) is 10.1 Å². The first kappa shape index (κ1) is 17.7. The van der Waals surface area contributed by atoms with Gasteiger partial charge in [-0.3, -0.25) is 9.59 Å². The predicted molar refractivity (Wildman–Crippen MR) is 104 cm³/mol. The first-order valence-corrected chi connectivity index (χ1v) is 8.90. The summed E-state index contributed by atoms with van der Waals surface area (Å²) in [5, 5.41) is 9.12. The van der Waals surface area contributed by atoms with Crippen LogP contribution in [0.25, 0.3) is 10.8 Å². The van der Waals surface area contributed by atoms with Crippen molar-refractivity contribution in [2.75, 3.05) is 13.2 Å². The Kier molecular flexibility index (Phi) is 4.76. The fourth-order valence-electron chi connectivity index (χ4n) is 2.98. The molecule has 0 saturated carbocycles. The minimum Gasteiger partial charge on any atom is -0.486 e. The average Bonchev–Trinajstić information content (AvgIpc) is 2.74. The zero-order valence-corrected chi connectivity index (χ0v) is 15.2. The van der Waals surface area contributed by atoms with E-state index in [1.807, 2.05) is 6.07 Å². The van der Waals surface area contributed by atoms with Gasteiger partial charge < -0.3 is 9.47 Å². The summed E-state index contributed by atoms with van der Waals surface area (Å²) in [6, 6.07) is 12.3. The van der Waals surface area contributed by atoms with Crippen molar-refractivity contribution in [2.45, 2.75) is 13.5 Å². The highest BCUT2D eigenvalue weighted by Crippen LogP contribution is 2.30. The van der Waals surface area contributed by atoms with Crippen LogP contribution in [0, 0.1) is 0 Å². The number of hydrogen-bond acceptors (Lipinski definition) is 6. The molecule has 0 atom stereocenters. The van der Waals surface area contributed by atoms with E-state index in [2.05, 4.69) is 15.6 Å². The Bertz CT molecular complexity index is 1140. The van der Waals surface area contributed by atoms with Crippen molar-refractivity contribution in [3.05, 3.63) is 64.1 Å². The van der Waals surface area contributed by atoms with E-state index in [9.17, 15) is 9.59 Å². The zero-order valence-electron chi connectivity index (χ0n) is 15.2. The fraction of sp³-hybridized carbons (Fsp3) is 0.200. The molecule has 1 amide bonds. The van der Waals surface area contributed by atoms with E-state index in [4.69, 9.17) is 9.47 Å². The third-order valence-corrected chi connectivity index (χ3v) is 4.33. The summed E-state index contributed by atoms with van der Waals surface area (Å²) in [5.41, 5.74) is 3.14. The van der Waals surface area contributed by atoms with E-state index >= 15 is 0 Å². The molecule has 1 aliphatic rings. The molecule has 0 fully saturated rings. The van der Waals surface area contributed by atoms with Crippen molar-refractivity contribution >= 4 is 22.9 Å². The lowest BCUT2D eigenvalue weighted by Gasteiger charge is -2.18. The highest BCUT2D eigenvalue weighted by molar-refractivity contribution is 6.04. The zero-order chi connectivity index (χ0) is 19.5. The molecule has 0 radical (unpaired) electrons. The monoisotopic (exact) mass is 378 g/mol. The van der Waals surface area contributed by atoms with E-state index < -0.39 is 5.91 Å². The Labute approximate surface area is 160 Å². The molecule has 0 saturated heterocycles. The van der Waals surface area contributed by atoms with Crippen LogP contribution in [-0.2, 0) is 6.54 Å². The molecule has 2 aromatic carbocycles. The number of ether oxygens (including phenoxy) is 2. The molecule has 2 heterocycles. The van der Waals surface area contributed by atoms with Gasteiger partial charge in [0.25, 0.3) is 11.5 Å². The third kappa shape index (κ3) is 3.32. The molecular formula is C20H18N4O4. The van der Waals surface area contributed by atoms with Crippen molar-refractivity contribution in [2.24, 2.45) is 5.10 Å². The van der Waals surface area contributed by atoms with Crippen molar-refractivity contribution in [3.8, 4) is 11.5 Å². The van der Waals surface area contributed by atoms with Crippen LogP contribution < -0.4 is 20.5 Å². The summed E-state index contributed by atoms with van der Waals surface area (Å²) in [4.78, 5) is 25.0. The minimum atomic E-state index is -0.493. The van der Waals surface area contributed by atoms with Crippen LogP contribution in [0.3, 0.4) is 0 Å². The van der Waals surface area contributed by atoms with Gasteiger partial charge in [0, 0.05) is 11.9 Å². The molecule has 0 bridgehead atoms. The Morgan fingerprint density at radius 1 is 1.18 bits per heavy atom. The summed E-state index contributed by atoms with van der Waals surface area (Å²) in [6.45, 7) is 3.18. The number of carbonyl (C=O) groups is 1. The van der Waals surface area contributed by atoms with E-state index in [1.54, 1.807) is 43.3 Å². The molecule has 8 heteroatoms. The summed E-state index contributed by atoms with van der Waals surface area (Å²) in [6.07, 6.45) is 1.51. The fourth-order valence-corrected chi connectivity index (χ4v) is 2.98. The molecule has 3 aromatic rings. The van der Waals surface area contributed by atoms with Crippen LogP contribution in [-0.4, -0.2) is 35.1 Å². The molecule has 28 heavy (non-hydrogen) atoms. The lowest BCUT2D eigenvalue weighted by molar-refractivity contribution is 0.0949. The second-order valence-corrected chi connectivity index (χ2v) is 6.12. The maximum Gasteiger partial charge on any atom is 0.292 e. The van der Waals surface area contributed by atoms with Gasteiger partial charge in [0.1, 0.15) is 13.2 Å². The number of nitrogens with zero attached hydrogens (tertiary/aromatic N) is 3. The molecule has 0 unspecified atom stereocenters. The van der Waals surface area contributed by atoms with Gasteiger partial charge in [-0.05, 0) is 36.8 Å². The van der Waals surface area contributed by atoms with Crippen molar-refractivity contribution in [1.82, 2.24) is 15.2 Å². The number of amides is 1. The second kappa shape index (κ2) is 7.51. The molecular weight excluding hydrogens is 360 g/mol. The lowest BCUT2D eigenvalue weighted by atomic mass is 10.1. The SMILES string of the molecule is CCn1nc(C(=O)NN=Cc2ccc3c(c2)OCCO3)c2ccccc2c1=O. The molecule has 8 nitrogen and oxygen atoms in total. The second-order valence-electron chi connectivity index (χ2n) is 6.12. The number of nitrogens with one attached hydrogen (secondary N) is 1. The van der Waals surface area contributed by atoms with Crippen molar-refractivity contribution in [3.63, 3.8) is 0 Å². The maximum atomic E-state index is 12.6. The number of fused-ring (bicyclic) bond motifs is 2. The average molecular weight is 378 g/mol. The summed E-state index contributed by atoms with van der Waals surface area (Å²) >= 11 is 0. The van der Waals surface area contributed by atoms with Crippen LogP contribution in [0.15, 0.2) is 52.4 Å². The number of rotatable bonds is 4. The van der Waals surface area contributed by atoms with Gasteiger partial charge in [0.2, 0.25) is 0 Å². The van der Waals surface area contributed by atoms with Crippen LogP contribution in [0.2, 0.25) is 0 Å². The smallest absolute Gasteiger partial charge is 0.292 e. The topological polar surface area (TPSA) is 94.8 Å². The maximum absolute atomic E-state index is 12.6. The van der Waals surface area contributed by atoms with Gasteiger partial charge in [0.15, 0.2) is 17.2 Å². The Morgan fingerprint density at radius 3 is 2.71 bits per heavy atom. The van der Waals surface area contributed by atoms with Gasteiger partial charge in [-0.2, -0.15) is 10.2 Å². The number of hydrogen-bond donors (Lipinski definition) is 1. The molecule has 4 rings (SSSR count). The van der Waals surface area contributed by atoms with E-state index in [0.717, 1.165) is 5.56 Å². The van der Waals surface area contributed by atoms with Crippen LogP contribution in [0.5, 0.6) is 11.5 Å². The number of carbonyl (C=O) groups excluding carboxylic acids is 1. The van der Waals surface area contributed by atoms with E-state index in [1.165, 1.54) is 10.9 Å². The normalized spacial score (nSPS) is 13.0. The lowest BCUT2D eigenvalue weighted by Crippen LogP contribution is -2.28. The molecule has 142 valence electrons. The third-order valence-electron chi connectivity index (χ3n) is 4.33. The summed E-state index contributed by atoms with van der Waals surface area (Å²) in [7, 11) is 0. The van der Waals surface area contributed by atoms with Gasteiger partial charge in [0.05, 0.1) is 11.6 Å². The molecule has 0 spiro atoms. The van der Waals surface area contributed by atoms with Crippen LogP contribution >= 0.6 is 0 Å². The number of benzene rings is 2. The Hall–Kier alpha value is -3.68. The van der Waals surface area contributed by atoms with Crippen LogP contribution in [0.1, 0.15) is 23.0 Å². The Morgan fingerprint density at radius 2 is 1.93 bits per heavy atom. The minimum absolute atomic E-state index is 0.149. The largest absolute Gasteiger partial charge is 0.486 e. The van der Waals surface area contributed by atoms with Crippen LogP contribution in [0.4, 0.5) is 0 Å². The molecule has 1 aromatic heterocycles. The Balaban J connectivity index is 1.58. The predicted octanol–water partition coefficient (Wildman–Crippen LogP) is 1.95. The summed E-state index contributed by atoms with van der Waals surface area (Å²) in [5.74, 6) is 0.835. The van der Waals surface area contributed by atoms with E-state index in [0.29, 0.717) is 42.0 Å². The molecule has 1 aliphatic heterocycles. The van der Waals surface area contributed by atoms with Crippen molar-refractivity contribution in [1.29, 1.82) is 0 Å². The van der Waals surface area contributed by atoms with Gasteiger partial charge in [-0.1, -0.05) is 18.2 Å².